The van der Waals surface area contributed by atoms with E-state index in [1.54, 1.807) is 50.7 Å². The summed E-state index contributed by atoms with van der Waals surface area (Å²) in [4.78, 5) is 21.3. The van der Waals surface area contributed by atoms with Gasteiger partial charge >= 0.3 is 5.97 Å². The standard InChI is InChI=1S/C26H26N6O3/c1-5-35-26(33)22(14-28)25(20-8-6-7-19(11-20)13-27)31-18(3)30-21-9-10-23(24(12-21)34-4)32-15-17(2)29-16-32/h6-12,14-16,30H,3,5,28H2,1-2,4H3/b22-14+,31-25?. The maximum atomic E-state index is 12.6. The van der Waals surface area contributed by atoms with Crippen LogP contribution in [-0.4, -0.2) is 34.9 Å². The van der Waals surface area contributed by atoms with Crippen LogP contribution in [-0.2, 0) is 9.53 Å². The van der Waals surface area contributed by atoms with Crippen LogP contribution in [0.4, 0.5) is 5.69 Å². The van der Waals surface area contributed by atoms with Gasteiger partial charge in [-0.2, -0.15) is 5.26 Å². The lowest BCUT2D eigenvalue weighted by molar-refractivity contribution is -0.137. The van der Waals surface area contributed by atoms with Gasteiger partial charge in [0.15, 0.2) is 0 Å². The van der Waals surface area contributed by atoms with Crippen LogP contribution < -0.4 is 15.8 Å². The highest BCUT2D eigenvalue weighted by molar-refractivity contribution is 6.27. The van der Waals surface area contributed by atoms with Crippen LogP contribution >= 0.6 is 0 Å². The molecule has 2 aromatic carbocycles. The second kappa shape index (κ2) is 11.3. The number of aliphatic imine (C=N–C) groups is 1. The molecule has 3 rings (SSSR count). The van der Waals surface area contributed by atoms with E-state index in [-0.39, 0.29) is 23.7 Å². The van der Waals surface area contributed by atoms with Gasteiger partial charge < -0.3 is 25.1 Å². The van der Waals surface area contributed by atoms with Crippen LogP contribution in [0.1, 0.15) is 23.7 Å². The van der Waals surface area contributed by atoms with Gasteiger partial charge in [-0.3, -0.25) is 0 Å². The molecule has 0 spiro atoms. The molecule has 0 aliphatic carbocycles. The summed E-state index contributed by atoms with van der Waals surface area (Å²) < 4.78 is 12.5. The van der Waals surface area contributed by atoms with Crippen molar-refractivity contribution in [3.05, 3.63) is 96.0 Å². The first-order valence-electron chi connectivity index (χ1n) is 10.7. The number of methoxy groups -OCH3 is 1. The van der Waals surface area contributed by atoms with Crippen molar-refractivity contribution in [2.75, 3.05) is 19.0 Å². The van der Waals surface area contributed by atoms with E-state index in [4.69, 9.17) is 15.2 Å². The Morgan fingerprint density at radius 2 is 2.14 bits per heavy atom. The molecule has 0 saturated heterocycles. The zero-order valence-electron chi connectivity index (χ0n) is 19.8. The third-order valence-electron chi connectivity index (χ3n) is 4.89. The number of nitrogens with zero attached hydrogens (tertiary/aromatic N) is 4. The Balaban J connectivity index is 1.97. The number of hydrogen-bond acceptors (Lipinski definition) is 8. The van der Waals surface area contributed by atoms with Crippen LogP contribution in [0, 0.1) is 18.3 Å². The van der Waals surface area contributed by atoms with E-state index in [1.165, 1.54) is 0 Å². The number of imidazole rings is 1. The number of nitrogens with one attached hydrogen (secondary N) is 1. The second-order valence-electron chi connectivity index (χ2n) is 7.33. The number of nitrogens with two attached hydrogens (primary N) is 1. The molecule has 0 bridgehead atoms. The highest BCUT2D eigenvalue weighted by Gasteiger charge is 2.20. The number of anilines is 1. The Morgan fingerprint density at radius 1 is 1.34 bits per heavy atom. The summed E-state index contributed by atoms with van der Waals surface area (Å²) in [5, 5.41) is 12.4. The topological polar surface area (TPSA) is 128 Å². The van der Waals surface area contributed by atoms with Gasteiger partial charge in [0.05, 0.1) is 48.8 Å². The van der Waals surface area contributed by atoms with Crippen molar-refractivity contribution in [1.29, 1.82) is 5.26 Å². The Kier molecular flexibility index (Phi) is 8.03. The third-order valence-corrected chi connectivity index (χ3v) is 4.89. The molecule has 0 unspecified atom stereocenters. The molecule has 1 heterocycles. The van der Waals surface area contributed by atoms with Crippen molar-refractivity contribution in [3.8, 4) is 17.5 Å². The maximum absolute atomic E-state index is 12.6. The van der Waals surface area contributed by atoms with Crippen molar-refractivity contribution < 1.29 is 14.3 Å². The van der Waals surface area contributed by atoms with Gasteiger partial charge in [-0.15, -0.1) is 0 Å². The number of esters is 1. The first-order valence-corrected chi connectivity index (χ1v) is 10.7. The predicted octanol–water partition coefficient (Wildman–Crippen LogP) is 3.84. The van der Waals surface area contributed by atoms with Gasteiger partial charge in [0.1, 0.15) is 17.1 Å². The molecule has 3 aromatic rings. The van der Waals surface area contributed by atoms with Crippen molar-refractivity contribution >= 4 is 17.4 Å². The fourth-order valence-electron chi connectivity index (χ4n) is 3.32. The number of aryl methyl sites for hydroxylation is 1. The Bertz CT molecular complexity index is 1350. The summed E-state index contributed by atoms with van der Waals surface area (Å²) in [5.41, 5.74) is 9.32. The number of rotatable bonds is 9. The molecule has 35 heavy (non-hydrogen) atoms. The number of benzene rings is 2. The molecule has 9 heteroatoms. The summed E-state index contributed by atoms with van der Waals surface area (Å²) in [5.74, 6) is 0.213. The van der Waals surface area contributed by atoms with E-state index >= 15 is 0 Å². The molecule has 0 aliphatic rings. The van der Waals surface area contributed by atoms with Crippen molar-refractivity contribution in [1.82, 2.24) is 9.55 Å². The molecule has 0 atom stereocenters. The molecular formula is C26H26N6O3. The molecule has 0 fully saturated rings. The van der Waals surface area contributed by atoms with Crippen LogP contribution in [0.15, 0.2) is 84.2 Å². The molecule has 3 N–H and O–H groups in total. The minimum atomic E-state index is -0.634. The SMILES string of the molecule is C=C(N=C(/C(=C\N)C(=O)OCC)c1cccc(C#N)c1)Nc1ccc(-n2cnc(C)c2)c(OC)c1. The lowest BCUT2D eigenvalue weighted by Crippen LogP contribution is -2.19. The van der Waals surface area contributed by atoms with Crippen molar-refractivity contribution in [3.63, 3.8) is 0 Å². The number of ether oxygens (including phenoxy) is 2. The summed E-state index contributed by atoms with van der Waals surface area (Å²) >= 11 is 0. The van der Waals surface area contributed by atoms with Gasteiger partial charge in [0.2, 0.25) is 0 Å². The van der Waals surface area contributed by atoms with Gasteiger partial charge in [0, 0.05) is 29.7 Å². The number of hydrogen-bond donors (Lipinski definition) is 2. The van der Waals surface area contributed by atoms with E-state index < -0.39 is 5.97 Å². The first-order chi connectivity index (χ1) is 16.9. The molecular weight excluding hydrogens is 444 g/mol. The molecule has 178 valence electrons. The Morgan fingerprint density at radius 3 is 2.77 bits per heavy atom. The largest absolute Gasteiger partial charge is 0.494 e. The van der Waals surface area contributed by atoms with Crippen molar-refractivity contribution in [2.45, 2.75) is 13.8 Å². The van der Waals surface area contributed by atoms with Crippen LogP contribution in [0.5, 0.6) is 5.75 Å². The minimum Gasteiger partial charge on any atom is -0.494 e. The fraction of sp³-hybridized carbons (Fsp3) is 0.154. The molecule has 9 nitrogen and oxygen atoms in total. The Hall–Kier alpha value is -4.84. The normalized spacial score (nSPS) is 11.5. The first kappa shape index (κ1) is 24.8. The number of nitriles is 1. The van der Waals surface area contributed by atoms with Gasteiger partial charge in [-0.25, -0.2) is 14.8 Å². The van der Waals surface area contributed by atoms with E-state index in [0.717, 1.165) is 17.6 Å². The highest BCUT2D eigenvalue weighted by Crippen LogP contribution is 2.27. The highest BCUT2D eigenvalue weighted by atomic mass is 16.5. The zero-order chi connectivity index (χ0) is 25.4. The minimum absolute atomic E-state index is 0.0493. The smallest absolute Gasteiger partial charge is 0.341 e. The average molecular weight is 471 g/mol. The lowest BCUT2D eigenvalue weighted by Gasteiger charge is -2.14. The molecule has 1 aromatic heterocycles. The average Bonchev–Trinajstić information content (AvgIpc) is 3.29. The molecule has 0 radical (unpaired) electrons. The maximum Gasteiger partial charge on any atom is 0.341 e. The van der Waals surface area contributed by atoms with Crippen molar-refractivity contribution in [2.24, 2.45) is 10.7 Å². The summed E-state index contributed by atoms with van der Waals surface area (Å²) in [6.07, 6.45) is 4.74. The predicted molar refractivity (Wildman–Crippen MR) is 134 cm³/mol. The number of carbonyl (C=O) groups is 1. The third kappa shape index (κ3) is 5.94. The number of aromatic nitrogens is 2. The van der Waals surface area contributed by atoms with Crippen LogP contribution in [0.25, 0.3) is 5.69 Å². The quantitative estimate of drug-likeness (QED) is 0.276. The van der Waals surface area contributed by atoms with E-state index in [0.29, 0.717) is 22.6 Å². The molecule has 0 aliphatic heterocycles. The van der Waals surface area contributed by atoms with Crippen LogP contribution in [0.2, 0.25) is 0 Å². The zero-order valence-corrected chi connectivity index (χ0v) is 19.8. The summed E-state index contributed by atoms with van der Waals surface area (Å²) in [6.45, 7) is 7.75. The Labute approximate surface area is 203 Å². The van der Waals surface area contributed by atoms with E-state index in [9.17, 15) is 10.1 Å². The fourth-order valence-corrected chi connectivity index (χ4v) is 3.32. The monoisotopic (exact) mass is 470 g/mol. The molecule has 0 saturated carbocycles. The van der Waals surface area contributed by atoms with Gasteiger partial charge in [-0.05, 0) is 38.1 Å². The van der Waals surface area contributed by atoms with E-state index in [1.807, 2.05) is 29.8 Å². The lowest BCUT2D eigenvalue weighted by atomic mass is 10.0. The second-order valence-corrected chi connectivity index (χ2v) is 7.33. The van der Waals surface area contributed by atoms with Crippen LogP contribution in [0.3, 0.4) is 0 Å². The van der Waals surface area contributed by atoms with Gasteiger partial charge in [0.25, 0.3) is 0 Å². The summed E-state index contributed by atoms with van der Waals surface area (Å²) in [7, 11) is 1.58. The number of carbonyl (C=O) groups excluding carboxylic acids is 1. The van der Waals surface area contributed by atoms with E-state index in [2.05, 4.69) is 27.9 Å². The molecule has 0 amide bonds. The summed E-state index contributed by atoms with van der Waals surface area (Å²) in [6, 6.07) is 14.3. The van der Waals surface area contributed by atoms with Gasteiger partial charge in [-0.1, -0.05) is 18.7 Å².